The van der Waals surface area contributed by atoms with Crippen molar-refractivity contribution in [3.05, 3.63) is 30.3 Å². The Hall–Kier alpha value is -1.42. The van der Waals surface area contributed by atoms with Crippen LogP contribution < -0.4 is 5.43 Å². The van der Waals surface area contributed by atoms with Gasteiger partial charge in [-0.15, -0.1) is 5.11 Å². The van der Waals surface area contributed by atoms with Gasteiger partial charge in [-0.25, -0.2) is 0 Å². The van der Waals surface area contributed by atoms with E-state index in [2.05, 4.69) is 15.8 Å². The van der Waals surface area contributed by atoms with Gasteiger partial charge in [0.2, 0.25) is 0 Å². The molecule has 4 nitrogen and oxygen atoms in total. The predicted molar refractivity (Wildman–Crippen MR) is 42.0 cm³/mol. The van der Waals surface area contributed by atoms with Crippen LogP contribution in [0.4, 0.5) is 5.69 Å². The number of benzene rings is 1. The number of aliphatic hydroxyl groups is 1. The van der Waals surface area contributed by atoms with Crippen LogP contribution in [0, 0.1) is 0 Å². The molecule has 0 radical (unpaired) electrons. The molecule has 0 aliphatic carbocycles. The number of hydrogen-bond donors (Lipinski definition) is 2. The van der Waals surface area contributed by atoms with E-state index in [0.29, 0.717) is 0 Å². The standard InChI is InChI=1S/C7H9N3O/c11-6-8-10-9-7-4-2-1-3-5-7/h1-5,11H,6H2,(H,8,9). The Morgan fingerprint density at radius 3 is 2.64 bits per heavy atom. The topological polar surface area (TPSA) is 57.0 Å². The molecule has 1 aromatic carbocycles. The molecule has 11 heavy (non-hydrogen) atoms. The highest BCUT2D eigenvalue weighted by Crippen LogP contribution is 2.03. The van der Waals surface area contributed by atoms with Crippen LogP contribution in [0.5, 0.6) is 0 Å². The molecule has 0 aliphatic rings. The zero-order chi connectivity index (χ0) is 7.94. The first kappa shape index (κ1) is 7.68. The summed E-state index contributed by atoms with van der Waals surface area (Å²) in [5, 5.41) is 15.1. The van der Waals surface area contributed by atoms with Crippen LogP contribution in [-0.2, 0) is 0 Å². The van der Waals surface area contributed by atoms with Crippen LogP contribution >= 0.6 is 0 Å². The van der Waals surface area contributed by atoms with Crippen molar-refractivity contribution < 1.29 is 5.11 Å². The maximum atomic E-state index is 8.24. The monoisotopic (exact) mass is 151 g/mol. The maximum absolute atomic E-state index is 8.24. The van der Waals surface area contributed by atoms with Crippen LogP contribution in [-0.4, -0.2) is 11.8 Å². The van der Waals surface area contributed by atoms with E-state index < -0.39 is 0 Å². The summed E-state index contributed by atoms with van der Waals surface area (Å²) < 4.78 is 0. The second kappa shape index (κ2) is 4.40. The lowest BCUT2D eigenvalue weighted by Crippen LogP contribution is -1.85. The van der Waals surface area contributed by atoms with E-state index >= 15 is 0 Å². The quantitative estimate of drug-likeness (QED) is 0.507. The minimum atomic E-state index is -0.292. The van der Waals surface area contributed by atoms with Gasteiger partial charge < -0.3 is 5.11 Å². The van der Waals surface area contributed by atoms with Crippen LogP contribution in [0.3, 0.4) is 0 Å². The highest BCUT2D eigenvalue weighted by Gasteiger charge is 1.82. The van der Waals surface area contributed by atoms with Crippen LogP contribution in [0.25, 0.3) is 0 Å². The van der Waals surface area contributed by atoms with E-state index in [0.717, 1.165) is 5.69 Å². The van der Waals surface area contributed by atoms with Crippen molar-refractivity contribution in [2.24, 2.45) is 10.3 Å². The van der Waals surface area contributed by atoms with E-state index in [4.69, 9.17) is 5.11 Å². The van der Waals surface area contributed by atoms with E-state index in [9.17, 15) is 0 Å². The average Bonchev–Trinajstić information content (AvgIpc) is 2.07. The summed E-state index contributed by atoms with van der Waals surface area (Å²) in [4.78, 5) is 0. The number of nitrogens with zero attached hydrogens (tertiary/aromatic N) is 2. The highest BCUT2D eigenvalue weighted by molar-refractivity contribution is 5.41. The molecular weight excluding hydrogens is 142 g/mol. The van der Waals surface area contributed by atoms with Gasteiger partial charge in [0.15, 0.2) is 6.73 Å². The molecule has 0 spiro atoms. The molecule has 0 heterocycles. The van der Waals surface area contributed by atoms with E-state index in [1.54, 1.807) is 0 Å². The summed E-state index contributed by atoms with van der Waals surface area (Å²) in [5.41, 5.74) is 3.50. The molecule has 0 fully saturated rings. The fourth-order valence-electron chi connectivity index (χ4n) is 0.637. The number of aliphatic hydroxyl groups excluding tert-OH is 1. The van der Waals surface area contributed by atoms with Crippen LogP contribution in [0.15, 0.2) is 40.7 Å². The predicted octanol–water partition coefficient (Wildman–Crippen LogP) is 1.42. The molecule has 58 valence electrons. The fraction of sp³-hybridized carbons (Fsp3) is 0.143. The second-order valence-electron chi connectivity index (χ2n) is 1.86. The number of hydrogen-bond acceptors (Lipinski definition) is 3. The van der Waals surface area contributed by atoms with E-state index in [1.165, 1.54) is 0 Å². The zero-order valence-corrected chi connectivity index (χ0v) is 5.94. The number of nitrogens with one attached hydrogen (secondary N) is 1. The Balaban J connectivity index is 2.45. The van der Waals surface area contributed by atoms with Gasteiger partial charge >= 0.3 is 0 Å². The van der Waals surface area contributed by atoms with Gasteiger partial charge in [0.05, 0.1) is 5.69 Å². The summed E-state index contributed by atoms with van der Waals surface area (Å²) in [5.74, 6) is 0. The average molecular weight is 151 g/mol. The van der Waals surface area contributed by atoms with Crippen molar-refractivity contribution in [3.63, 3.8) is 0 Å². The lowest BCUT2D eigenvalue weighted by Gasteiger charge is -1.95. The van der Waals surface area contributed by atoms with Crippen LogP contribution in [0.1, 0.15) is 0 Å². The molecule has 0 saturated carbocycles. The Morgan fingerprint density at radius 1 is 1.27 bits per heavy atom. The lowest BCUT2D eigenvalue weighted by atomic mass is 10.3. The van der Waals surface area contributed by atoms with Gasteiger partial charge in [-0.1, -0.05) is 23.4 Å². The molecular formula is C7H9N3O. The first-order chi connectivity index (χ1) is 5.43. The maximum Gasteiger partial charge on any atom is 0.157 e. The van der Waals surface area contributed by atoms with Gasteiger partial charge in [-0.05, 0) is 12.1 Å². The van der Waals surface area contributed by atoms with Crippen molar-refractivity contribution >= 4 is 5.69 Å². The summed E-state index contributed by atoms with van der Waals surface area (Å²) >= 11 is 0. The molecule has 0 aliphatic heterocycles. The first-order valence-corrected chi connectivity index (χ1v) is 3.22. The fourth-order valence-corrected chi connectivity index (χ4v) is 0.637. The van der Waals surface area contributed by atoms with Crippen molar-refractivity contribution in [1.29, 1.82) is 0 Å². The Bertz CT molecular complexity index is 222. The van der Waals surface area contributed by atoms with Gasteiger partial charge in [-0.3, -0.25) is 5.43 Å². The molecule has 1 rings (SSSR count). The van der Waals surface area contributed by atoms with Gasteiger partial charge in [0.25, 0.3) is 0 Å². The summed E-state index contributed by atoms with van der Waals surface area (Å²) in [7, 11) is 0. The molecule has 4 heteroatoms. The largest absolute Gasteiger partial charge is 0.373 e. The first-order valence-electron chi connectivity index (χ1n) is 3.22. The third kappa shape index (κ3) is 2.77. The molecule has 0 atom stereocenters. The van der Waals surface area contributed by atoms with E-state index in [-0.39, 0.29) is 6.73 Å². The molecule has 0 unspecified atom stereocenters. The minimum Gasteiger partial charge on any atom is -0.373 e. The smallest absolute Gasteiger partial charge is 0.157 e. The summed E-state index contributed by atoms with van der Waals surface area (Å²) in [6.07, 6.45) is 0. The summed E-state index contributed by atoms with van der Waals surface area (Å²) in [6.45, 7) is -0.292. The number of anilines is 1. The van der Waals surface area contributed by atoms with Crippen LogP contribution in [0.2, 0.25) is 0 Å². The molecule has 0 amide bonds. The normalized spacial score (nSPS) is 10.3. The van der Waals surface area contributed by atoms with Gasteiger partial charge in [0, 0.05) is 0 Å². The van der Waals surface area contributed by atoms with E-state index in [1.807, 2.05) is 30.3 Å². The Morgan fingerprint density at radius 2 is 2.00 bits per heavy atom. The minimum absolute atomic E-state index is 0.292. The Labute approximate surface area is 64.6 Å². The van der Waals surface area contributed by atoms with Gasteiger partial charge in [-0.2, -0.15) is 0 Å². The van der Waals surface area contributed by atoms with Crippen molar-refractivity contribution in [1.82, 2.24) is 0 Å². The van der Waals surface area contributed by atoms with Crippen molar-refractivity contribution in [2.75, 3.05) is 12.2 Å². The molecule has 0 aromatic heterocycles. The lowest BCUT2D eigenvalue weighted by molar-refractivity contribution is 0.300. The SMILES string of the molecule is OC/N=N/Nc1ccccc1. The molecule has 1 aromatic rings. The number of para-hydroxylation sites is 1. The zero-order valence-electron chi connectivity index (χ0n) is 5.94. The third-order valence-corrected chi connectivity index (χ3v) is 1.09. The second-order valence-corrected chi connectivity index (χ2v) is 1.86. The summed E-state index contributed by atoms with van der Waals surface area (Å²) in [6, 6.07) is 9.40. The number of rotatable bonds is 3. The van der Waals surface area contributed by atoms with Crippen molar-refractivity contribution in [2.45, 2.75) is 0 Å². The third-order valence-electron chi connectivity index (χ3n) is 1.09. The molecule has 0 bridgehead atoms. The molecule has 0 saturated heterocycles. The molecule has 2 N–H and O–H groups in total. The Kier molecular flexibility index (Phi) is 3.08. The highest BCUT2D eigenvalue weighted by atomic mass is 16.3. The van der Waals surface area contributed by atoms with Crippen molar-refractivity contribution in [3.8, 4) is 0 Å². The van der Waals surface area contributed by atoms with Gasteiger partial charge in [0.1, 0.15) is 0 Å².